The fraction of sp³-hybridized carbons (Fsp3) is 0.400. The largest absolute Gasteiger partial charge is 0.207 e. The maximum atomic E-state index is 12.6. The van der Waals surface area contributed by atoms with E-state index < -0.39 is 0 Å². The lowest BCUT2D eigenvalue weighted by atomic mass is 10.1. The predicted octanol–water partition coefficient (Wildman–Crippen LogP) is 3.63. The van der Waals surface area contributed by atoms with Crippen LogP contribution in [0.2, 0.25) is 0 Å². The third kappa shape index (κ3) is 7.04. The molecule has 0 N–H and O–H groups in total. The van der Waals surface area contributed by atoms with E-state index in [1.807, 2.05) is 6.08 Å². The molecule has 0 spiro atoms. The van der Waals surface area contributed by atoms with Crippen molar-refractivity contribution in [2.24, 2.45) is 5.92 Å². The fourth-order valence-electron chi connectivity index (χ4n) is 0.621. The summed E-state index contributed by atoms with van der Waals surface area (Å²) in [5, 5.41) is 0. The van der Waals surface area contributed by atoms with Crippen molar-refractivity contribution in [3.05, 3.63) is 36.7 Å². The molecule has 0 aromatic carbocycles. The number of hydrogen-bond donors (Lipinski definition) is 0. The molecule has 0 heterocycles. The van der Waals surface area contributed by atoms with Crippen LogP contribution in [0.1, 0.15) is 20.3 Å². The van der Waals surface area contributed by atoms with Crippen LogP contribution in [-0.2, 0) is 0 Å². The second-order valence-electron chi connectivity index (χ2n) is 2.82. The molecule has 0 bridgehead atoms. The van der Waals surface area contributed by atoms with Gasteiger partial charge in [0.2, 0.25) is 0 Å². The Hall–Kier alpha value is -0.850. The quantitative estimate of drug-likeness (QED) is 0.542. The third-order valence-electron chi connectivity index (χ3n) is 1.16. The van der Waals surface area contributed by atoms with Gasteiger partial charge in [-0.05, 0) is 24.5 Å². The lowest BCUT2D eigenvalue weighted by Gasteiger charge is -1.95. The van der Waals surface area contributed by atoms with Gasteiger partial charge in [-0.25, -0.2) is 4.39 Å². The van der Waals surface area contributed by atoms with Crippen LogP contribution in [0.25, 0.3) is 0 Å². The fourth-order valence-corrected chi connectivity index (χ4v) is 0.621. The molecule has 0 nitrogen and oxygen atoms in total. The summed E-state index contributed by atoms with van der Waals surface area (Å²) in [6, 6.07) is 0. The van der Waals surface area contributed by atoms with Gasteiger partial charge in [0.05, 0.1) is 0 Å². The summed E-state index contributed by atoms with van der Waals surface area (Å²) < 4.78 is 12.6. The third-order valence-corrected chi connectivity index (χ3v) is 1.16. The molecule has 1 heteroatoms. The van der Waals surface area contributed by atoms with E-state index in [0.717, 1.165) is 6.42 Å². The molecule has 0 aliphatic carbocycles. The molecular weight excluding hydrogens is 139 g/mol. The molecule has 0 fully saturated rings. The normalized spacial score (nSPS) is 12.9. The zero-order valence-corrected chi connectivity index (χ0v) is 7.18. The number of halogens is 1. The highest BCUT2D eigenvalue weighted by molar-refractivity contribution is 5.15. The van der Waals surface area contributed by atoms with Gasteiger partial charge in [0.15, 0.2) is 0 Å². The molecule has 0 saturated carbocycles. The number of rotatable bonds is 4. The van der Waals surface area contributed by atoms with E-state index in [4.69, 9.17) is 0 Å². The lowest BCUT2D eigenvalue weighted by Crippen LogP contribution is -1.80. The first-order valence-corrected chi connectivity index (χ1v) is 3.81. The second kappa shape index (κ2) is 5.90. The van der Waals surface area contributed by atoms with Crippen LogP contribution in [0.4, 0.5) is 4.39 Å². The monoisotopic (exact) mass is 154 g/mol. The Morgan fingerprint density at radius 1 is 1.55 bits per heavy atom. The van der Waals surface area contributed by atoms with Gasteiger partial charge in [-0.2, -0.15) is 0 Å². The highest BCUT2D eigenvalue weighted by Gasteiger charge is 1.88. The smallest absolute Gasteiger partial charge is 0.122 e. The molecule has 0 aromatic rings. The van der Waals surface area contributed by atoms with Crippen molar-refractivity contribution < 1.29 is 4.39 Å². The van der Waals surface area contributed by atoms with Crippen LogP contribution in [-0.4, -0.2) is 0 Å². The molecule has 0 rings (SSSR count). The van der Waals surface area contributed by atoms with Gasteiger partial charge in [-0.15, -0.1) is 0 Å². The summed E-state index contributed by atoms with van der Waals surface area (Å²) in [5.41, 5.74) is 0. The highest BCUT2D eigenvalue weighted by Crippen LogP contribution is 2.04. The lowest BCUT2D eigenvalue weighted by molar-refractivity contribution is 0.649. The van der Waals surface area contributed by atoms with Crippen molar-refractivity contribution in [2.75, 3.05) is 0 Å². The standard InChI is InChI=1S/C10H15F/c1-4-6-10(11)8-5-7-9(2)3/h4-6,8-9H,1,7H2,2-3H3/b8-5-,10-6+. The van der Waals surface area contributed by atoms with Crippen molar-refractivity contribution in [1.82, 2.24) is 0 Å². The van der Waals surface area contributed by atoms with Crippen molar-refractivity contribution in [1.29, 1.82) is 0 Å². The molecule has 0 aromatic heterocycles. The van der Waals surface area contributed by atoms with Gasteiger partial charge in [-0.3, -0.25) is 0 Å². The van der Waals surface area contributed by atoms with Crippen molar-refractivity contribution in [3.63, 3.8) is 0 Å². The van der Waals surface area contributed by atoms with Gasteiger partial charge in [0.25, 0.3) is 0 Å². The summed E-state index contributed by atoms with van der Waals surface area (Å²) in [5.74, 6) is 0.350. The zero-order valence-electron chi connectivity index (χ0n) is 7.18. The minimum Gasteiger partial charge on any atom is -0.207 e. The first kappa shape index (κ1) is 10.2. The Bertz CT molecular complexity index is 164. The first-order chi connectivity index (χ1) is 5.16. The van der Waals surface area contributed by atoms with E-state index >= 15 is 0 Å². The van der Waals surface area contributed by atoms with E-state index in [-0.39, 0.29) is 5.83 Å². The van der Waals surface area contributed by atoms with E-state index in [9.17, 15) is 4.39 Å². The van der Waals surface area contributed by atoms with Crippen LogP contribution in [0.5, 0.6) is 0 Å². The Balaban J connectivity index is 3.73. The summed E-state index contributed by atoms with van der Waals surface area (Å²) in [4.78, 5) is 0. The van der Waals surface area contributed by atoms with Gasteiger partial charge in [-0.1, -0.05) is 32.6 Å². The van der Waals surface area contributed by atoms with Crippen molar-refractivity contribution in [2.45, 2.75) is 20.3 Å². The van der Waals surface area contributed by atoms with Gasteiger partial charge in [0.1, 0.15) is 5.83 Å². The first-order valence-electron chi connectivity index (χ1n) is 3.81. The van der Waals surface area contributed by atoms with Crippen LogP contribution in [0.15, 0.2) is 36.7 Å². The topological polar surface area (TPSA) is 0 Å². The van der Waals surface area contributed by atoms with Crippen molar-refractivity contribution >= 4 is 0 Å². The number of allylic oxidation sites excluding steroid dienone is 5. The maximum absolute atomic E-state index is 12.6. The Morgan fingerprint density at radius 3 is 2.64 bits per heavy atom. The summed E-state index contributed by atoms with van der Waals surface area (Å²) >= 11 is 0. The summed E-state index contributed by atoms with van der Waals surface area (Å²) in [6.45, 7) is 7.59. The predicted molar refractivity (Wildman–Crippen MR) is 48.0 cm³/mol. The van der Waals surface area contributed by atoms with Gasteiger partial charge in [0, 0.05) is 0 Å². The Kier molecular flexibility index (Phi) is 5.44. The average molecular weight is 154 g/mol. The van der Waals surface area contributed by atoms with Gasteiger partial charge < -0.3 is 0 Å². The number of hydrogen-bond acceptors (Lipinski definition) is 0. The minimum atomic E-state index is -0.236. The molecule has 0 aliphatic rings. The molecule has 0 saturated heterocycles. The average Bonchev–Trinajstić information content (AvgIpc) is 1.87. The Morgan fingerprint density at radius 2 is 2.18 bits per heavy atom. The van der Waals surface area contributed by atoms with Crippen LogP contribution >= 0.6 is 0 Å². The molecule has 0 aliphatic heterocycles. The zero-order chi connectivity index (χ0) is 8.69. The second-order valence-corrected chi connectivity index (χ2v) is 2.82. The van der Waals surface area contributed by atoms with Crippen LogP contribution < -0.4 is 0 Å². The molecular formula is C10H15F. The SMILES string of the molecule is C=C/C=C(F)\C=C/CC(C)C. The summed E-state index contributed by atoms with van der Waals surface area (Å²) in [6.07, 6.45) is 7.01. The van der Waals surface area contributed by atoms with Crippen LogP contribution in [0.3, 0.4) is 0 Å². The Labute approximate surface area is 68.1 Å². The summed E-state index contributed by atoms with van der Waals surface area (Å²) in [7, 11) is 0. The molecule has 0 amide bonds. The van der Waals surface area contributed by atoms with Gasteiger partial charge >= 0.3 is 0 Å². The molecule has 11 heavy (non-hydrogen) atoms. The molecule has 0 unspecified atom stereocenters. The molecule has 0 atom stereocenters. The highest BCUT2D eigenvalue weighted by atomic mass is 19.1. The molecule has 62 valence electrons. The van der Waals surface area contributed by atoms with Crippen LogP contribution in [0, 0.1) is 5.92 Å². The van der Waals surface area contributed by atoms with E-state index in [0.29, 0.717) is 5.92 Å². The maximum Gasteiger partial charge on any atom is 0.122 e. The van der Waals surface area contributed by atoms with E-state index in [1.54, 1.807) is 0 Å². The molecule has 0 radical (unpaired) electrons. The van der Waals surface area contributed by atoms with E-state index in [2.05, 4.69) is 20.4 Å². The van der Waals surface area contributed by atoms with E-state index in [1.165, 1.54) is 18.2 Å². The minimum absolute atomic E-state index is 0.236. The van der Waals surface area contributed by atoms with Crippen molar-refractivity contribution in [3.8, 4) is 0 Å².